The van der Waals surface area contributed by atoms with Crippen LogP contribution in [0.25, 0.3) is 11.1 Å². The zero-order valence-electron chi connectivity index (χ0n) is 16.3. The Balaban J connectivity index is 1.70. The Labute approximate surface area is 160 Å². The fourth-order valence-electron chi connectivity index (χ4n) is 4.00. The van der Waals surface area contributed by atoms with Crippen LogP contribution in [0.15, 0.2) is 36.4 Å². The molecule has 2 heterocycles. The molecule has 0 amide bonds. The van der Waals surface area contributed by atoms with Gasteiger partial charge in [-0.3, -0.25) is 4.79 Å². The minimum absolute atomic E-state index is 0.123. The fourth-order valence-corrected chi connectivity index (χ4v) is 4.00. The first-order valence-corrected chi connectivity index (χ1v) is 9.79. The van der Waals surface area contributed by atoms with Crippen molar-refractivity contribution >= 4 is 11.7 Å². The van der Waals surface area contributed by atoms with Crippen molar-refractivity contribution in [3.63, 3.8) is 0 Å². The summed E-state index contributed by atoms with van der Waals surface area (Å²) in [5, 5.41) is 9.12. The van der Waals surface area contributed by atoms with E-state index < -0.39 is 5.97 Å². The number of carboxylic acid groups (broad SMARTS) is 1. The Kier molecular flexibility index (Phi) is 4.37. The Bertz CT molecular complexity index is 881. The second kappa shape index (κ2) is 6.59. The summed E-state index contributed by atoms with van der Waals surface area (Å²) in [6.07, 6.45) is 2.98. The van der Waals surface area contributed by atoms with Gasteiger partial charge < -0.3 is 14.7 Å². The summed E-state index contributed by atoms with van der Waals surface area (Å²) >= 11 is 0. The molecule has 142 valence electrons. The Morgan fingerprint density at radius 2 is 2.04 bits per heavy atom. The SMILES string of the molecule is CCc1cc2c(c(-c3cccc(N4CC(C(=O)O)C4)c3)c1)CCC(C)(C)O2. The molecule has 27 heavy (non-hydrogen) atoms. The molecule has 2 aromatic rings. The number of aliphatic carboxylic acids is 1. The summed E-state index contributed by atoms with van der Waals surface area (Å²) in [5.74, 6) is 0.0632. The molecule has 0 aliphatic carbocycles. The third-order valence-corrected chi connectivity index (χ3v) is 5.79. The molecule has 0 bridgehead atoms. The summed E-state index contributed by atoms with van der Waals surface area (Å²) in [6.45, 7) is 7.64. The van der Waals surface area contributed by atoms with E-state index in [9.17, 15) is 4.79 Å². The van der Waals surface area contributed by atoms with Gasteiger partial charge in [0.1, 0.15) is 11.4 Å². The first-order valence-electron chi connectivity index (χ1n) is 9.79. The Morgan fingerprint density at radius 1 is 1.26 bits per heavy atom. The smallest absolute Gasteiger partial charge is 0.310 e. The van der Waals surface area contributed by atoms with E-state index in [-0.39, 0.29) is 11.5 Å². The van der Waals surface area contributed by atoms with Gasteiger partial charge in [0, 0.05) is 24.3 Å². The summed E-state index contributed by atoms with van der Waals surface area (Å²) in [6, 6.07) is 12.9. The minimum Gasteiger partial charge on any atom is -0.488 e. The normalized spacial score (nSPS) is 18.4. The van der Waals surface area contributed by atoms with Crippen molar-refractivity contribution in [3.05, 3.63) is 47.5 Å². The van der Waals surface area contributed by atoms with E-state index in [2.05, 4.69) is 62.1 Å². The number of ether oxygens (including phenoxy) is 1. The van der Waals surface area contributed by atoms with Crippen molar-refractivity contribution < 1.29 is 14.6 Å². The standard InChI is InChI=1S/C23H27NO3/c1-4-15-10-20(19-8-9-23(2,3)27-21(19)11-15)16-6-5-7-18(12-16)24-13-17(14-24)22(25)26/h5-7,10-12,17H,4,8-9,13-14H2,1-3H3,(H,25,26). The summed E-state index contributed by atoms with van der Waals surface area (Å²) < 4.78 is 6.30. The number of benzene rings is 2. The third kappa shape index (κ3) is 3.41. The van der Waals surface area contributed by atoms with Crippen LogP contribution >= 0.6 is 0 Å². The quantitative estimate of drug-likeness (QED) is 0.864. The fraction of sp³-hybridized carbons (Fsp3) is 0.435. The molecule has 4 rings (SSSR count). The average molecular weight is 365 g/mol. The number of nitrogens with zero attached hydrogens (tertiary/aromatic N) is 1. The van der Waals surface area contributed by atoms with Crippen LogP contribution in [0.1, 0.15) is 38.3 Å². The molecule has 0 unspecified atom stereocenters. The van der Waals surface area contributed by atoms with Crippen molar-refractivity contribution in [2.45, 2.75) is 45.6 Å². The van der Waals surface area contributed by atoms with E-state index in [0.717, 1.165) is 30.7 Å². The van der Waals surface area contributed by atoms with Crippen LogP contribution in [-0.2, 0) is 17.6 Å². The van der Waals surface area contributed by atoms with Crippen LogP contribution in [0.5, 0.6) is 5.75 Å². The molecule has 4 heteroatoms. The topological polar surface area (TPSA) is 49.8 Å². The number of hydrogen-bond acceptors (Lipinski definition) is 3. The van der Waals surface area contributed by atoms with Crippen LogP contribution in [0, 0.1) is 5.92 Å². The van der Waals surface area contributed by atoms with Gasteiger partial charge in [-0.25, -0.2) is 0 Å². The van der Waals surface area contributed by atoms with E-state index in [4.69, 9.17) is 9.84 Å². The van der Waals surface area contributed by atoms with Crippen molar-refractivity contribution in [2.75, 3.05) is 18.0 Å². The predicted molar refractivity (Wildman–Crippen MR) is 108 cm³/mol. The zero-order chi connectivity index (χ0) is 19.2. The van der Waals surface area contributed by atoms with Crippen LogP contribution < -0.4 is 9.64 Å². The number of anilines is 1. The Morgan fingerprint density at radius 3 is 2.74 bits per heavy atom. The summed E-state index contributed by atoms with van der Waals surface area (Å²) in [5.41, 5.74) is 5.97. The van der Waals surface area contributed by atoms with Crippen LogP contribution in [0.2, 0.25) is 0 Å². The molecule has 1 fully saturated rings. The largest absolute Gasteiger partial charge is 0.488 e. The lowest BCUT2D eigenvalue weighted by molar-refractivity contribution is -0.142. The average Bonchev–Trinajstić information content (AvgIpc) is 2.58. The lowest BCUT2D eigenvalue weighted by Crippen LogP contribution is -2.50. The maximum atomic E-state index is 11.1. The van der Waals surface area contributed by atoms with E-state index in [1.807, 2.05) is 0 Å². The van der Waals surface area contributed by atoms with Crippen LogP contribution in [0.4, 0.5) is 5.69 Å². The lowest BCUT2D eigenvalue weighted by atomic mass is 9.87. The number of aryl methyl sites for hydroxylation is 1. The van der Waals surface area contributed by atoms with Crippen molar-refractivity contribution in [1.29, 1.82) is 0 Å². The number of rotatable bonds is 4. The monoisotopic (exact) mass is 365 g/mol. The van der Waals surface area contributed by atoms with Gasteiger partial charge >= 0.3 is 5.97 Å². The minimum atomic E-state index is -0.702. The highest BCUT2D eigenvalue weighted by molar-refractivity contribution is 5.77. The van der Waals surface area contributed by atoms with Crippen molar-refractivity contribution in [1.82, 2.24) is 0 Å². The molecule has 2 aliphatic heterocycles. The number of carbonyl (C=O) groups is 1. The molecule has 4 nitrogen and oxygen atoms in total. The molecule has 0 saturated carbocycles. The molecule has 1 saturated heterocycles. The van der Waals surface area contributed by atoms with Crippen LogP contribution in [-0.4, -0.2) is 29.8 Å². The van der Waals surface area contributed by atoms with Gasteiger partial charge in [0.2, 0.25) is 0 Å². The van der Waals surface area contributed by atoms with Gasteiger partial charge in [0.15, 0.2) is 0 Å². The zero-order valence-corrected chi connectivity index (χ0v) is 16.3. The molecule has 0 aromatic heterocycles. The van der Waals surface area contributed by atoms with E-state index in [1.165, 1.54) is 22.3 Å². The first-order chi connectivity index (χ1) is 12.9. The molecule has 1 N–H and O–H groups in total. The highest BCUT2D eigenvalue weighted by Crippen LogP contribution is 2.41. The second-order valence-corrected chi connectivity index (χ2v) is 8.33. The maximum Gasteiger partial charge on any atom is 0.310 e. The molecular weight excluding hydrogens is 338 g/mol. The molecular formula is C23H27NO3. The highest BCUT2D eigenvalue weighted by Gasteiger charge is 2.33. The maximum absolute atomic E-state index is 11.1. The Hall–Kier alpha value is -2.49. The van der Waals surface area contributed by atoms with Crippen molar-refractivity contribution in [2.24, 2.45) is 5.92 Å². The van der Waals surface area contributed by atoms with E-state index >= 15 is 0 Å². The van der Waals surface area contributed by atoms with Crippen molar-refractivity contribution in [3.8, 4) is 16.9 Å². The summed E-state index contributed by atoms with van der Waals surface area (Å²) in [4.78, 5) is 13.2. The predicted octanol–water partition coefficient (Wildman–Crippen LogP) is 4.54. The first kappa shape index (κ1) is 17.9. The third-order valence-electron chi connectivity index (χ3n) is 5.79. The van der Waals surface area contributed by atoms with Gasteiger partial charge in [-0.1, -0.05) is 25.1 Å². The number of fused-ring (bicyclic) bond motifs is 1. The number of carboxylic acids is 1. The van der Waals surface area contributed by atoms with Gasteiger partial charge in [-0.2, -0.15) is 0 Å². The highest BCUT2D eigenvalue weighted by atomic mass is 16.5. The molecule has 0 spiro atoms. The van der Waals surface area contributed by atoms with Gasteiger partial charge in [-0.15, -0.1) is 0 Å². The lowest BCUT2D eigenvalue weighted by Gasteiger charge is -2.39. The molecule has 2 aliphatic rings. The second-order valence-electron chi connectivity index (χ2n) is 8.33. The van der Waals surface area contributed by atoms with E-state index in [0.29, 0.717) is 13.1 Å². The van der Waals surface area contributed by atoms with Gasteiger partial charge in [0.25, 0.3) is 0 Å². The molecule has 2 aromatic carbocycles. The van der Waals surface area contributed by atoms with Gasteiger partial charge in [-0.05, 0) is 68.0 Å². The molecule has 0 radical (unpaired) electrons. The number of hydrogen-bond donors (Lipinski definition) is 1. The molecule has 0 atom stereocenters. The van der Waals surface area contributed by atoms with Gasteiger partial charge in [0.05, 0.1) is 5.92 Å². The van der Waals surface area contributed by atoms with E-state index in [1.54, 1.807) is 0 Å². The summed E-state index contributed by atoms with van der Waals surface area (Å²) in [7, 11) is 0. The van der Waals surface area contributed by atoms with Crippen LogP contribution in [0.3, 0.4) is 0 Å².